The molecule has 0 amide bonds. The average Bonchev–Trinajstić information content (AvgIpc) is 3.75. The SMILES string of the molecule is Nc1nnc(-c2ccc3occc3c2)c(-c2ccccc2)n1.Nc1nnc(-c2ccc3occc3c2)c(-c2ccccc2)n1. The Labute approximate surface area is 251 Å². The lowest BCUT2D eigenvalue weighted by atomic mass is 10.0. The normalized spacial score (nSPS) is 10.9. The minimum atomic E-state index is 0.159. The lowest BCUT2D eigenvalue weighted by Gasteiger charge is -2.08. The summed E-state index contributed by atoms with van der Waals surface area (Å²) in [5, 5.41) is 18.3. The molecule has 4 N–H and O–H groups in total. The van der Waals surface area contributed by atoms with Gasteiger partial charge in [-0.15, -0.1) is 20.4 Å². The van der Waals surface area contributed by atoms with Gasteiger partial charge in [-0.25, -0.2) is 9.97 Å². The summed E-state index contributed by atoms with van der Waals surface area (Å²) in [6.45, 7) is 0. The summed E-state index contributed by atoms with van der Waals surface area (Å²) < 4.78 is 10.7. The van der Waals surface area contributed by atoms with Crippen LogP contribution in [-0.2, 0) is 0 Å². The first-order valence-corrected chi connectivity index (χ1v) is 13.7. The molecule has 0 aliphatic carbocycles. The number of fused-ring (bicyclic) bond motifs is 2. The van der Waals surface area contributed by atoms with E-state index in [4.69, 9.17) is 20.3 Å². The van der Waals surface area contributed by atoms with Crippen molar-refractivity contribution in [2.75, 3.05) is 11.5 Å². The summed E-state index contributed by atoms with van der Waals surface area (Å²) in [6, 6.07) is 35.2. The molecule has 0 saturated carbocycles. The topological polar surface area (TPSA) is 156 Å². The lowest BCUT2D eigenvalue weighted by Crippen LogP contribution is -2.02. The Hall–Kier alpha value is -6.42. The Kier molecular flexibility index (Phi) is 6.89. The first-order valence-electron chi connectivity index (χ1n) is 13.7. The molecule has 0 aliphatic rings. The van der Waals surface area contributed by atoms with Crippen molar-refractivity contribution in [3.63, 3.8) is 0 Å². The zero-order chi connectivity index (χ0) is 29.9. The van der Waals surface area contributed by atoms with E-state index >= 15 is 0 Å². The number of rotatable bonds is 4. The molecule has 0 radical (unpaired) electrons. The first-order chi connectivity index (χ1) is 21.6. The molecule has 0 aliphatic heterocycles. The predicted molar refractivity (Wildman–Crippen MR) is 170 cm³/mol. The van der Waals surface area contributed by atoms with Crippen LogP contribution in [-0.4, -0.2) is 30.4 Å². The van der Waals surface area contributed by atoms with E-state index in [2.05, 4.69) is 30.4 Å². The summed E-state index contributed by atoms with van der Waals surface area (Å²) in [6.07, 6.45) is 3.33. The Morgan fingerprint density at radius 2 is 0.841 bits per heavy atom. The summed E-state index contributed by atoms with van der Waals surface area (Å²) >= 11 is 0. The number of nitrogen functional groups attached to an aromatic ring is 2. The molecular formula is C34H24N8O2. The molecular weight excluding hydrogens is 552 g/mol. The van der Waals surface area contributed by atoms with Gasteiger partial charge in [-0.1, -0.05) is 60.7 Å². The van der Waals surface area contributed by atoms with E-state index in [0.717, 1.165) is 55.6 Å². The van der Waals surface area contributed by atoms with Crippen LogP contribution in [0.25, 0.3) is 67.0 Å². The zero-order valence-electron chi connectivity index (χ0n) is 23.2. The van der Waals surface area contributed by atoms with Crippen LogP contribution in [0.3, 0.4) is 0 Å². The van der Waals surface area contributed by atoms with Gasteiger partial charge in [-0.2, -0.15) is 0 Å². The molecule has 10 heteroatoms. The van der Waals surface area contributed by atoms with Gasteiger partial charge in [-0.05, 0) is 48.5 Å². The highest BCUT2D eigenvalue weighted by atomic mass is 16.3. The standard InChI is InChI=1S/2C17H12N4O/c2*18-17-19-15(11-4-2-1-3-5-11)16(20-21-17)13-6-7-14-12(10-13)8-9-22-14/h2*1-10H,(H2,18,19,21). The summed E-state index contributed by atoms with van der Waals surface area (Å²) in [5.41, 5.74) is 19.7. The van der Waals surface area contributed by atoms with Gasteiger partial charge in [0.25, 0.3) is 0 Å². The van der Waals surface area contributed by atoms with E-state index in [1.54, 1.807) is 12.5 Å². The van der Waals surface area contributed by atoms with Crippen LogP contribution in [0.15, 0.2) is 131 Å². The molecule has 0 spiro atoms. The van der Waals surface area contributed by atoms with Crippen LogP contribution < -0.4 is 11.5 Å². The molecule has 212 valence electrons. The smallest absolute Gasteiger partial charge is 0.240 e. The molecule has 0 saturated heterocycles. The van der Waals surface area contributed by atoms with Gasteiger partial charge < -0.3 is 20.3 Å². The monoisotopic (exact) mass is 576 g/mol. The third-order valence-electron chi connectivity index (χ3n) is 6.95. The number of hydrogen-bond acceptors (Lipinski definition) is 10. The molecule has 0 unspecified atom stereocenters. The predicted octanol–water partition coefficient (Wildman–Crippen LogP) is 7.07. The maximum absolute atomic E-state index is 5.72. The lowest BCUT2D eigenvalue weighted by molar-refractivity contribution is 0.615. The van der Waals surface area contributed by atoms with E-state index in [0.29, 0.717) is 11.4 Å². The second kappa shape index (κ2) is 11.5. The fourth-order valence-corrected chi connectivity index (χ4v) is 4.89. The van der Waals surface area contributed by atoms with E-state index in [1.165, 1.54) is 0 Å². The molecule has 10 nitrogen and oxygen atoms in total. The minimum Gasteiger partial charge on any atom is -0.464 e. The zero-order valence-corrected chi connectivity index (χ0v) is 23.2. The molecule has 8 aromatic rings. The largest absolute Gasteiger partial charge is 0.464 e. The minimum absolute atomic E-state index is 0.159. The van der Waals surface area contributed by atoms with Crippen molar-refractivity contribution < 1.29 is 8.83 Å². The highest BCUT2D eigenvalue weighted by Gasteiger charge is 2.15. The van der Waals surface area contributed by atoms with Crippen molar-refractivity contribution in [1.29, 1.82) is 0 Å². The van der Waals surface area contributed by atoms with Gasteiger partial charge in [-0.3, -0.25) is 0 Å². The van der Waals surface area contributed by atoms with E-state index < -0.39 is 0 Å². The summed E-state index contributed by atoms with van der Waals surface area (Å²) in [4.78, 5) is 8.74. The summed E-state index contributed by atoms with van der Waals surface area (Å²) in [7, 11) is 0. The second-order valence-electron chi connectivity index (χ2n) is 9.81. The first kappa shape index (κ1) is 26.5. The van der Waals surface area contributed by atoms with Gasteiger partial charge in [0.1, 0.15) is 33.9 Å². The molecule has 4 aromatic carbocycles. The van der Waals surface area contributed by atoms with E-state index in [1.807, 2.05) is 109 Å². The van der Waals surface area contributed by atoms with Crippen molar-refractivity contribution in [1.82, 2.24) is 30.4 Å². The fourth-order valence-electron chi connectivity index (χ4n) is 4.89. The van der Waals surface area contributed by atoms with Crippen molar-refractivity contribution >= 4 is 33.8 Å². The molecule has 0 atom stereocenters. The van der Waals surface area contributed by atoms with Gasteiger partial charge in [0.2, 0.25) is 11.9 Å². The fraction of sp³-hybridized carbons (Fsp3) is 0. The number of nitrogens with zero attached hydrogens (tertiary/aromatic N) is 6. The maximum atomic E-state index is 5.72. The van der Waals surface area contributed by atoms with Crippen molar-refractivity contribution in [2.24, 2.45) is 0 Å². The Bertz CT molecular complexity index is 2050. The van der Waals surface area contributed by atoms with E-state index in [-0.39, 0.29) is 11.9 Å². The highest BCUT2D eigenvalue weighted by Crippen LogP contribution is 2.32. The number of furan rings is 2. The van der Waals surface area contributed by atoms with Crippen molar-refractivity contribution in [3.8, 4) is 45.0 Å². The molecule has 0 fully saturated rings. The quantitative estimate of drug-likeness (QED) is 0.222. The number of aromatic nitrogens is 6. The van der Waals surface area contributed by atoms with Gasteiger partial charge >= 0.3 is 0 Å². The molecule has 0 bridgehead atoms. The van der Waals surface area contributed by atoms with Crippen LogP contribution in [0.4, 0.5) is 11.9 Å². The second-order valence-corrected chi connectivity index (χ2v) is 9.81. The Balaban J connectivity index is 0.000000142. The Morgan fingerprint density at radius 3 is 1.27 bits per heavy atom. The number of benzene rings is 4. The maximum Gasteiger partial charge on any atom is 0.240 e. The van der Waals surface area contributed by atoms with Gasteiger partial charge in [0.05, 0.1) is 12.5 Å². The third-order valence-corrected chi connectivity index (χ3v) is 6.95. The highest BCUT2D eigenvalue weighted by molar-refractivity contribution is 5.87. The number of nitrogens with two attached hydrogens (primary N) is 2. The van der Waals surface area contributed by atoms with Gasteiger partial charge in [0.15, 0.2) is 0 Å². The van der Waals surface area contributed by atoms with Gasteiger partial charge in [0, 0.05) is 33.0 Å². The molecule has 4 aromatic heterocycles. The van der Waals surface area contributed by atoms with E-state index in [9.17, 15) is 0 Å². The van der Waals surface area contributed by atoms with Crippen LogP contribution in [0.5, 0.6) is 0 Å². The average molecular weight is 577 g/mol. The molecule has 4 heterocycles. The van der Waals surface area contributed by atoms with Crippen LogP contribution in [0.1, 0.15) is 0 Å². The molecule has 44 heavy (non-hydrogen) atoms. The number of hydrogen-bond donors (Lipinski definition) is 2. The van der Waals surface area contributed by atoms with Crippen LogP contribution >= 0.6 is 0 Å². The third kappa shape index (κ3) is 5.30. The Morgan fingerprint density at radius 1 is 0.409 bits per heavy atom. The van der Waals surface area contributed by atoms with Crippen LogP contribution in [0, 0.1) is 0 Å². The van der Waals surface area contributed by atoms with Crippen molar-refractivity contribution in [3.05, 3.63) is 122 Å². The number of anilines is 2. The summed E-state index contributed by atoms with van der Waals surface area (Å²) in [5.74, 6) is 0.319. The van der Waals surface area contributed by atoms with Crippen molar-refractivity contribution in [2.45, 2.75) is 0 Å². The van der Waals surface area contributed by atoms with Crippen LogP contribution in [0.2, 0.25) is 0 Å². The molecule has 8 rings (SSSR count).